The number of fused-ring (bicyclic) bond motifs is 1. The van der Waals surface area contributed by atoms with Crippen molar-refractivity contribution in [1.82, 2.24) is 19.9 Å². The standard InChI is InChI=1S/C20H18N4O4/c1-27-14-4-2-13(3-5-14)11-24-9-7-17(19(24)25)28-20(26)18-15-10-21-12-23-16(15)6-8-22-18/h2-6,8,10,12,17H,7,9,11H2,1H3. The maximum atomic E-state index is 12.6. The molecular weight excluding hydrogens is 360 g/mol. The first kappa shape index (κ1) is 17.8. The number of hydrogen-bond acceptors (Lipinski definition) is 7. The highest BCUT2D eigenvalue weighted by atomic mass is 16.5. The Morgan fingerprint density at radius 1 is 1.21 bits per heavy atom. The third-order valence-corrected chi connectivity index (χ3v) is 4.66. The quantitative estimate of drug-likeness (QED) is 0.627. The number of nitrogens with zero attached hydrogens (tertiary/aromatic N) is 4. The first-order valence-corrected chi connectivity index (χ1v) is 8.83. The third-order valence-electron chi connectivity index (χ3n) is 4.66. The van der Waals surface area contributed by atoms with Crippen molar-refractivity contribution in [3.63, 3.8) is 0 Å². The normalized spacial score (nSPS) is 16.4. The molecule has 1 unspecified atom stereocenters. The van der Waals surface area contributed by atoms with Gasteiger partial charge in [-0.3, -0.25) is 4.79 Å². The molecular formula is C20H18N4O4. The Morgan fingerprint density at radius 3 is 2.82 bits per heavy atom. The summed E-state index contributed by atoms with van der Waals surface area (Å²) in [5.74, 6) is -0.0967. The fourth-order valence-electron chi connectivity index (χ4n) is 3.18. The first-order chi connectivity index (χ1) is 13.7. The van der Waals surface area contributed by atoms with E-state index in [1.807, 2.05) is 24.3 Å². The van der Waals surface area contributed by atoms with Crippen LogP contribution in [0.1, 0.15) is 22.5 Å². The molecule has 3 aromatic rings. The van der Waals surface area contributed by atoms with E-state index in [9.17, 15) is 9.59 Å². The van der Waals surface area contributed by atoms with Crippen molar-refractivity contribution in [2.75, 3.05) is 13.7 Å². The number of hydrogen-bond donors (Lipinski definition) is 0. The van der Waals surface area contributed by atoms with Crippen molar-refractivity contribution >= 4 is 22.8 Å². The van der Waals surface area contributed by atoms with Gasteiger partial charge in [-0.2, -0.15) is 0 Å². The zero-order valence-electron chi connectivity index (χ0n) is 15.2. The van der Waals surface area contributed by atoms with Crippen LogP contribution in [0.3, 0.4) is 0 Å². The molecule has 2 aromatic heterocycles. The second-order valence-electron chi connectivity index (χ2n) is 6.41. The van der Waals surface area contributed by atoms with Gasteiger partial charge in [-0.25, -0.2) is 19.7 Å². The molecule has 1 fully saturated rings. The minimum Gasteiger partial charge on any atom is -0.497 e. The van der Waals surface area contributed by atoms with Crippen LogP contribution in [0.25, 0.3) is 10.9 Å². The van der Waals surface area contributed by atoms with Gasteiger partial charge in [-0.05, 0) is 23.8 Å². The van der Waals surface area contributed by atoms with Crippen LogP contribution in [-0.4, -0.2) is 51.5 Å². The number of benzene rings is 1. The van der Waals surface area contributed by atoms with Gasteiger partial charge in [0.05, 0.1) is 18.0 Å². The Morgan fingerprint density at radius 2 is 2.04 bits per heavy atom. The summed E-state index contributed by atoms with van der Waals surface area (Å²) in [6, 6.07) is 9.20. The number of amides is 1. The average Bonchev–Trinajstić information content (AvgIpc) is 3.07. The summed E-state index contributed by atoms with van der Waals surface area (Å²) in [7, 11) is 1.61. The number of esters is 1. The lowest BCUT2D eigenvalue weighted by Gasteiger charge is -2.17. The van der Waals surface area contributed by atoms with Gasteiger partial charge in [0.15, 0.2) is 11.8 Å². The Hall–Kier alpha value is -3.55. The lowest BCUT2D eigenvalue weighted by atomic mass is 10.2. The average molecular weight is 378 g/mol. The van der Waals surface area contributed by atoms with Crippen molar-refractivity contribution < 1.29 is 19.1 Å². The molecule has 8 heteroatoms. The maximum Gasteiger partial charge on any atom is 0.358 e. The molecule has 1 amide bonds. The molecule has 1 aromatic carbocycles. The second-order valence-corrected chi connectivity index (χ2v) is 6.41. The van der Waals surface area contributed by atoms with Crippen LogP contribution >= 0.6 is 0 Å². The monoisotopic (exact) mass is 378 g/mol. The van der Waals surface area contributed by atoms with Crippen LogP contribution in [0.2, 0.25) is 0 Å². The molecule has 1 aliphatic heterocycles. The predicted octanol–water partition coefficient (Wildman–Crippen LogP) is 1.99. The van der Waals surface area contributed by atoms with Crippen LogP contribution in [0.15, 0.2) is 49.1 Å². The number of carbonyl (C=O) groups is 2. The van der Waals surface area contributed by atoms with Gasteiger partial charge in [-0.15, -0.1) is 0 Å². The fourth-order valence-corrected chi connectivity index (χ4v) is 3.18. The zero-order chi connectivity index (χ0) is 19.5. The predicted molar refractivity (Wildman–Crippen MR) is 99.6 cm³/mol. The number of pyridine rings is 1. The lowest BCUT2D eigenvalue weighted by molar-refractivity contribution is -0.135. The summed E-state index contributed by atoms with van der Waals surface area (Å²) in [5, 5.41) is 0.496. The van der Waals surface area contributed by atoms with Crippen molar-refractivity contribution in [1.29, 1.82) is 0 Å². The van der Waals surface area contributed by atoms with Crippen LogP contribution in [-0.2, 0) is 16.1 Å². The van der Waals surface area contributed by atoms with E-state index in [1.165, 1.54) is 18.7 Å². The van der Waals surface area contributed by atoms with Crippen molar-refractivity contribution in [3.8, 4) is 5.75 Å². The van der Waals surface area contributed by atoms with E-state index < -0.39 is 12.1 Å². The smallest absolute Gasteiger partial charge is 0.358 e. The van der Waals surface area contributed by atoms with Gasteiger partial charge in [-0.1, -0.05) is 12.1 Å². The van der Waals surface area contributed by atoms with E-state index in [0.717, 1.165) is 11.3 Å². The van der Waals surface area contributed by atoms with Crippen molar-refractivity contribution in [2.24, 2.45) is 0 Å². The number of methoxy groups -OCH3 is 1. The molecule has 1 atom stereocenters. The largest absolute Gasteiger partial charge is 0.497 e. The van der Waals surface area contributed by atoms with E-state index in [1.54, 1.807) is 18.1 Å². The first-order valence-electron chi connectivity index (χ1n) is 8.83. The summed E-state index contributed by atoms with van der Waals surface area (Å²) in [6.07, 6.45) is 4.03. The van der Waals surface area contributed by atoms with Gasteiger partial charge in [0.1, 0.15) is 12.1 Å². The summed E-state index contributed by atoms with van der Waals surface area (Å²) in [4.78, 5) is 39.0. The maximum absolute atomic E-state index is 12.6. The van der Waals surface area contributed by atoms with E-state index in [-0.39, 0.29) is 11.6 Å². The van der Waals surface area contributed by atoms with Gasteiger partial charge in [0.25, 0.3) is 5.91 Å². The highest BCUT2D eigenvalue weighted by molar-refractivity contribution is 6.02. The van der Waals surface area contributed by atoms with Crippen LogP contribution < -0.4 is 4.74 Å². The van der Waals surface area contributed by atoms with E-state index in [4.69, 9.17) is 9.47 Å². The van der Waals surface area contributed by atoms with Crippen molar-refractivity contribution in [2.45, 2.75) is 19.1 Å². The van der Waals surface area contributed by atoms with Gasteiger partial charge in [0, 0.05) is 31.9 Å². The molecule has 1 saturated heterocycles. The Kier molecular flexibility index (Phi) is 4.84. The van der Waals surface area contributed by atoms with Gasteiger partial charge >= 0.3 is 5.97 Å². The summed E-state index contributed by atoms with van der Waals surface area (Å²) in [5.41, 5.74) is 1.68. The van der Waals surface area contributed by atoms with E-state index >= 15 is 0 Å². The fraction of sp³-hybridized carbons (Fsp3) is 0.250. The Bertz CT molecular complexity index is 1020. The molecule has 4 rings (SSSR count). The molecule has 8 nitrogen and oxygen atoms in total. The summed E-state index contributed by atoms with van der Waals surface area (Å²) >= 11 is 0. The molecule has 0 N–H and O–H groups in total. The van der Waals surface area contributed by atoms with Gasteiger partial charge in [0.2, 0.25) is 0 Å². The molecule has 142 valence electrons. The molecule has 0 aliphatic carbocycles. The Labute approximate surface area is 161 Å². The molecule has 28 heavy (non-hydrogen) atoms. The molecule has 3 heterocycles. The number of aromatic nitrogens is 3. The van der Waals surface area contributed by atoms with Gasteiger partial charge < -0.3 is 14.4 Å². The summed E-state index contributed by atoms with van der Waals surface area (Å²) < 4.78 is 10.6. The minimum absolute atomic E-state index is 0.111. The number of likely N-dealkylation sites (tertiary alicyclic amines) is 1. The highest BCUT2D eigenvalue weighted by Gasteiger charge is 2.35. The van der Waals surface area contributed by atoms with Crippen LogP contribution in [0, 0.1) is 0 Å². The number of rotatable bonds is 5. The third kappa shape index (κ3) is 3.48. The minimum atomic E-state index is -0.813. The highest BCUT2D eigenvalue weighted by Crippen LogP contribution is 2.21. The lowest BCUT2D eigenvalue weighted by Crippen LogP contribution is -2.32. The van der Waals surface area contributed by atoms with Crippen LogP contribution in [0.4, 0.5) is 0 Å². The molecule has 0 radical (unpaired) electrons. The topological polar surface area (TPSA) is 94.5 Å². The molecule has 1 aliphatic rings. The Balaban J connectivity index is 1.44. The SMILES string of the molecule is COc1ccc(CN2CCC(OC(=O)c3nccc4ncncc34)C2=O)cc1. The zero-order valence-corrected chi connectivity index (χ0v) is 15.2. The molecule has 0 bridgehead atoms. The molecule has 0 saturated carbocycles. The molecule has 0 spiro atoms. The second kappa shape index (κ2) is 7.59. The van der Waals surface area contributed by atoms with E-state index in [2.05, 4.69) is 15.0 Å². The number of carbonyl (C=O) groups excluding carboxylic acids is 2. The van der Waals surface area contributed by atoms with E-state index in [0.29, 0.717) is 30.4 Å². The van der Waals surface area contributed by atoms with Crippen molar-refractivity contribution in [3.05, 3.63) is 60.3 Å². The summed E-state index contributed by atoms with van der Waals surface area (Å²) in [6.45, 7) is 0.978. The van der Waals surface area contributed by atoms with Crippen LogP contribution in [0.5, 0.6) is 5.75 Å². The number of ether oxygens (including phenoxy) is 2.